The van der Waals surface area contributed by atoms with Gasteiger partial charge in [0, 0.05) is 18.6 Å². The molecule has 154 valence electrons. The number of hydrogen-bond acceptors (Lipinski definition) is 5. The number of hydrogen-bond donors (Lipinski definition) is 1. The van der Waals surface area contributed by atoms with E-state index in [0.29, 0.717) is 17.7 Å². The number of aliphatic hydroxyl groups excluding tert-OH is 1. The molecule has 2 atom stereocenters. The fourth-order valence-corrected chi connectivity index (χ4v) is 4.37. The number of rotatable bonds is 4. The number of amides is 1. The van der Waals surface area contributed by atoms with Crippen LogP contribution in [0.1, 0.15) is 46.3 Å². The molecule has 1 saturated carbocycles. The Morgan fingerprint density at radius 2 is 2.17 bits per heavy atom. The van der Waals surface area contributed by atoms with E-state index in [1.807, 2.05) is 49.6 Å². The van der Waals surface area contributed by atoms with E-state index in [4.69, 9.17) is 4.74 Å². The summed E-state index contributed by atoms with van der Waals surface area (Å²) in [5.41, 5.74) is 3.77. The number of benzene rings is 1. The van der Waals surface area contributed by atoms with E-state index in [9.17, 15) is 9.90 Å². The Morgan fingerprint density at radius 3 is 2.87 bits per heavy atom. The van der Waals surface area contributed by atoms with E-state index in [0.717, 1.165) is 41.8 Å². The topological polar surface area (TPSA) is 80.5 Å². The van der Waals surface area contributed by atoms with Gasteiger partial charge in [0.05, 0.1) is 17.7 Å². The van der Waals surface area contributed by atoms with Crippen molar-refractivity contribution < 1.29 is 14.6 Å². The molecule has 0 saturated heterocycles. The molecule has 1 fully saturated rings. The van der Waals surface area contributed by atoms with Gasteiger partial charge in [-0.05, 0) is 73.6 Å². The van der Waals surface area contributed by atoms with Crippen LogP contribution in [0, 0.1) is 6.92 Å². The maximum atomic E-state index is 13.2. The maximum Gasteiger partial charge on any atom is 0.260 e. The summed E-state index contributed by atoms with van der Waals surface area (Å²) in [5.74, 6) is 1.33. The van der Waals surface area contributed by atoms with E-state index < -0.39 is 6.10 Å². The Labute approximate surface area is 174 Å². The number of aryl methyl sites for hydroxylation is 1. The van der Waals surface area contributed by atoms with Crippen LogP contribution in [0.15, 0.2) is 48.9 Å². The number of aliphatic hydroxyl groups is 1. The molecule has 1 aromatic carbocycles. The second kappa shape index (κ2) is 7.57. The SMILES string of the molecule is Cc1cc2c(cc1Cc1ccc(-n3cccn3)nc1)C(=O)N(C1CCC[C@@H]1O)CO2. The average molecular weight is 404 g/mol. The van der Waals surface area contributed by atoms with Gasteiger partial charge in [0.15, 0.2) is 12.5 Å². The zero-order valence-electron chi connectivity index (χ0n) is 16.9. The molecule has 1 unspecified atom stereocenters. The molecule has 5 rings (SSSR count). The van der Waals surface area contributed by atoms with Gasteiger partial charge < -0.3 is 9.84 Å². The molecule has 7 heteroatoms. The van der Waals surface area contributed by atoms with Gasteiger partial charge in [-0.25, -0.2) is 9.67 Å². The molecule has 30 heavy (non-hydrogen) atoms. The van der Waals surface area contributed by atoms with Gasteiger partial charge in [-0.2, -0.15) is 5.10 Å². The van der Waals surface area contributed by atoms with Crippen LogP contribution in [0.4, 0.5) is 0 Å². The Balaban J connectivity index is 1.39. The highest BCUT2D eigenvalue weighted by molar-refractivity contribution is 5.98. The van der Waals surface area contributed by atoms with Gasteiger partial charge in [-0.3, -0.25) is 9.69 Å². The van der Waals surface area contributed by atoms with Gasteiger partial charge in [0.1, 0.15) is 5.75 Å². The molecule has 1 N–H and O–H groups in total. The number of carbonyl (C=O) groups excluding carboxylic acids is 1. The quantitative estimate of drug-likeness (QED) is 0.723. The van der Waals surface area contributed by atoms with Crippen molar-refractivity contribution in [3.8, 4) is 11.6 Å². The summed E-state index contributed by atoms with van der Waals surface area (Å²) in [4.78, 5) is 19.3. The van der Waals surface area contributed by atoms with Crippen LogP contribution < -0.4 is 4.74 Å². The van der Waals surface area contributed by atoms with E-state index in [1.54, 1.807) is 15.8 Å². The summed E-state index contributed by atoms with van der Waals surface area (Å²) in [6.45, 7) is 2.23. The predicted octanol–water partition coefficient (Wildman–Crippen LogP) is 2.87. The summed E-state index contributed by atoms with van der Waals surface area (Å²) in [7, 11) is 0. The lowest BCUT2D eigenvalue weighted by Crippen LogP contribution is -2.48. The number of pyridine rings is 1. The second-order valence-electron chi connectivity index (χ2n) is 8.04. The van der Waals surface area contributed by atoms with Crippen LogP contribution in [0.5, 0.6) is 5.75 Å². The number of ether oxygens (including phenoxy) is 1. The van der Waals surface area contributed by atoms with Gasteiger partial charge in [0.25, 0.3) is 5.91 Å². The first-order valence-corrected chi connectivity index (χ1v) is 10.3. The fourth-order valence-electron chi connectivity index (χ4n) is 4.37. The molecular weight excluding hydrogens is 380 g/mol. The number of nitrogens with zero attached hydrogens (tertiary/aromatic N) is 4. The summed E-state index contributed by atoms with van der Waals surface area (Å²) >= 11 is 0. The van der Waals surface area contributed by atoms with E-state index in [1.165, 1.54) is 0 Å². The Morgan fingerprint density at radius 1 is 1.27 bits per heavy atom. The van der Waals surface area contributed by atoms with Crippen molar-refractivity contribution in [1.82, 2.24) is 19.7 Å². The first-order valence-electron chi connectivity index (χ1n) is 10.3. The fraction of sp³-hybridized carbons (Fsp3) is 0.348. The average Bonchev–Trinajstić information content (AvgIpc) is 3.42. The molecule has 1 amide bonds. The summed E-state index contributed by atoms with van der Waals surface area (Å²) < 4.78 is 7.60. The minimum atomic E-state index is -0.469. The van der Waals surface area contributed by atoms with Crippen LogP contribution in [0.2, 0.25) is 0 Å². The molecule has 3 heterocycles. The zero-order chi connectivity index (χ0) is 20.7. The smallest absolute Gasteiger partial charge is 0.260 e. The maximum absolute atomic E-state index is 13.2. The molecule has 2 aromatic heterocycles. The third kappa shape index (κ3) is 3.35. The van der Waals surface area contributed by atoms with Crippen molar-refractivity contribution in [2.75, 3.05) is 6.73 Å². The molecule has 0 bridgehead atoms. The lowest BCUT2D eigenvalue weighted by atomic mass is 9.97. The van der Waals surface area contributed by atoms with Crippen molar-refractivity contribution in [3.05, 3.63) is 71.2 Å². The second-order valence-corrected chi connectivity index (χ2v) is 8.04. The Hall–Kier alpha value is -3.19. The van der Waals surface area contributed by atoms with Crippen LogP contribution >= 0.6 is 0 Å². The third-order valence-corrected chi connectivity index (χ3v) is 6.08. The lowest BCUT2D eigenvalue weighted by molar-refractivity contribution is 0.0127. The summed E-state index contributed by atoms with van der Waals surface area (Å²) in [6, 6.07) is 9.54. The highest BCUT2D eigenvalue weighted by atomic mass is 16.5. The van der Waals surface area contributed by atoms with Crippen LogP contribution in [-0.4, -0.2) is 49.6 Å². The number of carbonyl (C=O) groups is 1. The minimum absolute atomic E-state index is 0.0596. The normalized spacial score (nSPS) is 20.9. The first-order chi connectivity index (χ1) is 14.6. The molecule has 7 nitrogen and oxygen atoms in total. The number of aromatic nitrogens is 3. The predicted molar refractivity (Wildman–Crippen MR) is 111 cm³/mol. The van der Waals surface area contributed by atoms with Crippen LogP contribution in [0.3, 0.4) is 0 Å². The molecule has 1 aliphatic carbocycles. The van der Waals surface area contributed by atoms with E-state index >= 15 is 0 Å². The van der Waals surface area contributed by atoms with Gasteiger partial charge in [-0.15, -0.1) is 0 Å². The largest absolute Gasteiger partial charge is 0.472 e. The standard InChI is InChI=1S/C23H24N4O3/c1-15-10-21-18(23(29)26(14-30-21)19-4-2-5-20(19)28)12-17(15)11-16-6-7-22(24-13-16)27-9-3-8-25-27/h3,6-10,12-13,19-20,28H,2,4-5,11,14H2,1H3/t19?,20-/m0/s1. The molecule has 3 aromatic rings. The van der Waals surface area contributed by atoms with E-state index in [-0.39, 0.29) is 18.7 Å². The zero-order valence-corrected chi connectivity index (χ0v) is 16.9. The van der Waals surface area contributed by atoms with Crippen molar-refractivity contribution in [1.29, 1.82) is 0 Å². The molecular formula is C23H24N4O3. The van der Waals surface area contributed by atoms with Crippen LogP contribution in [0.25, 0.3) is 5.82 Å². The highest BCUT2D eigenvalue weighted by Crippen LogP contribution is 2.33. The number of fused-ring (bicyclic) bond motifs is 1. The summed E-state index contributed by atoms with van der Waals surface area (Å²) in [5, 5.41) is 14.4. The van der Waals surface area contributed by atoms with Crippen molar-refractivity contribution in [3.63, 3.8) is 0 Å². The van der Waals surface area contributed by atoms with Crippen molar-refractivity contribution in [2.24, 2.45) is 0 Å². The van der Waals surface area contributed by atoms with Gasteiger partial charge >= 0.3 is 0 Å². The Kier molecular flexibility index (Phi) is 4.75. The monoisotopic (exact) mass is 404 g/mol. The van der Waals surface area contributed by atoms with Crippen molar-refractivity contribution in [2.45, 2.75) is 44.8 Å². The molecule has 2 aliphatic rings. The Bertz CT molecular complexity index is 1060. The summed E-state index contributed by atoms with van der Waals surface area (Å²) in [6.07, 6.45) is 8.11. The molecule has 0 spiro atoms. The third-order valence-electron chi connectivity index (χ3n) is 6.08. The minimum Gasteiger partial charge on any atom is -0.472 e. The van der Waals surface area contributed by atoms with Crippen molar-refractivity contribution >= 4 is 5.91 Å². The molecule has 0 radical (unpaired) electrons. The van der Waals surface area contributed by atoms with Crippen LogP contribution in [-0.2, 0) is 6.42 Å². The van der Waals surface area contributed by atoms with E-state index in [2.05, 4.69) is 10.1 Å². The lowest BCUT2D eigenvalue weighted by Gasteiger charge is -2.35. The van der Waals surface area contributed by atoms with Gasteiger partial charge in [-0.1, -0.05) is 6.07 Å². The highest BCUT2D eigenvalue weighted by Gasteiger charge is 2.37. The van der Waals surface area contributed by atoms with Gasteiger partial charge in [0.2, 0.25) is 0 Å². The first kappa shape index (κ1) is 18.8. The molecule has 1 aliphatic heterocycles.